The molecule has 0 fully saturated rings. The van der Waals surface area contributed by atoms with Gasteiger partial charge in [0.1, 0.15) is 5.76 Å². The number of anilines is 1. The molecule has 4 aromatic rings. The molecule has 0 atom stereocenters. The highest BCUT2D eigenvalue weighted by atomic mass is 32.2. The minimum Gasteiger partial charge on any atom is -0.467 e. The van der Waals surface area contributed by atoms with Crippen molar-refractivity contribution in [3.05, 3.63) is 83.3 Å². The lowest BCUT2D eigenvalue weighted by Crippen LogP contribution is -2.30. The number of sulfone groups is 1. The first-order valence-electron chi connectivity index (χ1n) is 10.8. The zero-order valence-electron chi connectivity index (χ0n) is 18.7. The standard InChI is InChI=1S/C25H26N2O4S2/c1-18-12-13-22-24(19(18)2)26-25(32-22)27(16-21-10-6-14-31-21)23(28)11-7-15-33(29,30)17-20-8-4-3-5-9-20/h3-6,8-10,12-14H,7,11,15-17H2,1-2H3. The summed E-state index contributed by atoms with van der Waals surface area (Å²) in [6, 6.07) is 16.8. The van der Waals surface area contributed by atoms with E-state index in [1.54, 1.807) is 29.4 Å². The van der Waals surface area contributed by atoms with Gasteiger partial charge in [0.25, 0.3) is 0 Å². The summed E-state index contributed by atoms with van der Waals surface area (Å²) in [5.74, 6) is 0.414. The largest absolute Gasteiger partial charge is 0.467 e. The summed E-state index contributed by atoms with van der Waals surface area (Å²) in [6.45, 7) is 4.31. The highest BCUT2D eigenvalue weighted by molar-refractivity contribution is 7.90. The number of furan rings is 1. The fraction of sp³-hybridized carbons (Fsp3) is 0.280. The molecule has 33 heavy (non-hydrogen) atoms. The van der Waals surface area contributed by atoms with Crippen molar-refractivity contribution in [3.63, 3.8) is 0 Å². The molecule has 0 saturated heterocycles. The summed E-state index contributed by atoms with van der Waals surface area (Å²) in [6.07, 6.45) is 1.94. The molecule has 0 N–H and O–H groups in total. The first-order valence-corrected chi connectivity index (χ1v) is 13.4. The predicted octanol–water partition coefficient (Wildman–Crippen LogP) is 5.43. The molecule has 6 nitrogen and oxygen atoms in total. The summed E-state index contributed by atoms with van der Waals surface area (Å²) < 4.78 is 31.5. The van der Waals surface area contributed by atoms with E-state index >= 15 is 0 Å². The molecule has 2 aromatic carbocycles. The quantitative estimate of drug-likeness (QED) is 0.318. The maximum Gasteiger partial charge on any atom is 0.229 e. The van der Waals surface area contributed by atoms with E-state index in [0.717, 1.165) is 26.9 Å². The molecule has 0 unspecified atom stereocenters. The van der Waals surface area contributed by atoms with Crippen LogP contribution in [0.5, 0.6) is 0 Å². The van der Waals surface area contributed by atoms with Crippen molar-refractivity contribution in [3.8, 4) is 0 Å². The molecule has 0 aliphatic heterocycles. The van der Waals surface area contributed by atoms with Gasteiger partial charge in [0.2, 0.25) is 5.91 Å². The van der Waals surface area contributed by atoms with Gasteiger partial charge in [0.05, 0.1) is 34.5 Å². The van der Waals surface area contributed by atoms with Gasteiger partial charge in [-0.15, -0.1) is 0 Å². The molecule has 1 amide bonds. The van der Waals surface area contributed by atoms with E-state index in [0.29, 0.717) is 10.9 Å². The van der Waals surface area contributed by atoms with Gasteiger partial charge in [0, 0.05) is 6.42 Å². The fourth-order valence-corrected chi connectivity index (χ4v) is 6.10. The Morgan fingerprint density at radius 3 is 2.58 bits per heavy atom. The van der Waals surface area contributed by atoms with Gasteiger partial charge >= 0.3 is 0 Å². The number of benzene rings is 2. The smallest absolute Gasteiger partial charge is 0.229 e. The van der Waals surface area contributed by atoms with Crippen LogP contribution in [0.1, 0.15) is 35.3 Å². The van der Waals surface area contributed by atoms with Gasteiger partial charge in [-0.2, -0.15) is 0 Å². The number of aromatic nitrogens is 1. The lowest BCUT2D eigenvalue weighted by molar-refractivity contribution is -0.118. The van der Waals surface area contributed by atoms with E-state index < -0.39 is 9.84 Å². The van der Waals surface area contributed by atoms with Crippen molar-refractivity contribution < 1.29 is 17.6 Å². The van der Waals surface area contributed by atoms with Crippen LogP contribution >= 0.6 is 11.3 Å². The van der Waals surface area contributed by atoms with E-state index in [1.807, 2.05) is 44.2 Å². The topological polar surface area (TPSA) is 80.5 Å². The van der Waals surface area contributed by atoms with Crippen LogP contribution in [0.15, 0.2) is 65.3 Å². The fourth-order valence-electron chi connectivity index (χ4n) is 3.63. The van der Waals surface area contributed by atoms with E-state index in [1.165, 1.54) is 11.3 Å². The number of hydrogen-bond donors (Lipinski definition) is 0. The molecule has 0 radical (unpaired) electrons. The molecule has 172 valence electrons. The van der Waals surface area contributed by atoms with Gasteiger partial charge < -0.3 is 4.42 Å². The van der Waals surface area contributed by atoms with E-state index in [9.17, 15) is 13.2 Å². The summed E-state index contributed by atoms with van der Waals surface area (Å²) in [4.78, 5) is 19.5. The number of rotatable bonds is 9. The SMILES string of the molecule is Cc1ccc2sc(N(Cc3ccco3)C(=O)CCCS(=O)(=O)Cc3ccccc3)nc2c1C. The second-order valence-corrected chi connectivity index (χ2v) is 11.3. The molecule has 0 aliphatic rings. The Labute approximate surface area is 197 Å². The monoisotopic (exact) mass is 482 g/mol. The van der Waals surface area contributed by atoms with Crippen LogP contribution in [-0.2, 0) is 26.9 Å². The lowest BCUT2D eigenvalue weighted by atomic mass is 10.1. The van der Waals surface area contributed by atoms with Gasteiger partial charge in [-0.3, -0.25) is 9.69 Å². The van der Waals surface area contributed by atoms with Crippen LogP contribution < -0.4 is 4.90 Å². The van der Waals surface area contributed by atoms with Crippen LogP contribution in [0.3, 0.4) is 0 Å². The third-order valence-corrected chi connectivity index (χ3v) is 8.30. The number of hydrogen-bond acceptors (Lipinski definition) is 6. The minimum absolute atomic E-state index is 0.0192. The summed E-state index contributed by atoms with van der Waals surface area (Å²) in [5.41, 5.74) is 3.88. The molecule has 2 aromatic heterocycles. The highest BCUT2D eigenvalue weighted by Crippen LogP contribution is 2.33. The van der Waals surface area contributed by atoms with Crippen molar-refractivity contribution in [2.24, 2.45) is 0 Å². The van der Waals surface area contributed by atoms with Crippen molar-refractivity contribution in [2.75, 3.05) is 10.7 Å². The van der Waals surface area contributed by atoms with Crippen LogP contribution in [0.2, 0.25) is 0 Å². The molecular weight excluding hydrogens is 456 g/mol. The average molecular weight is 483 g/mol. The average Bonchev–Trinajstić information content (AvgIpc) is 3.45. The number of thiazole rings is 1. The second kappa shape index (κ2) is 9.89. The Bertz CT molecular complexity index is 1340. The summed E-state index contributed by atoms with van der Waals surface area (Å²) in [7, 11) is -3.30. The van der Waals surface area contributed by atoms with E-state index in [2.05, 4.69) is 6.07 Å². The molecule has 0 aliphatic carbocycles. The highest BCUT2D eigenvalue weighted by Gasteiger charge is 2.23. The van der Waals surface area contributed by atoms with Gasteiger partial charge in [-0.25, -0.2) is 13.4 Å². The third kappa shape index (κ3) is 5.69. The first-order chi connectivity index (χ1) is 15.8. The molecule has 0 bridgehead atoms. The molecule has 0 spiro atoms. The minimum atomic E-state index is -3.30. The molecule has 4 rings (SSSR count). The Kier molecular flexibility index (Phi) is 6.95. The van der Waals surface area contributed by atoms with Crippen molar-refractivity contribution >= 4 is 42.4 Å². The number of aryl methyl sites for hydroxylation is 2. The van der Waals surface area contributed by atoms with Crippen LogP contribution in [0, 0.1) is 13.8 Å². The van der Waals surface area contributed by atoms with E-state index in [4.69, 9.17) is 9.40 Å². The Morgan fingerprint density at radius 1 is 1.06 bits per heavy atom. The zero-order valence-corrected chi connectivity index (χ0v) is 20.3. The van der Waals surface area contributed by atoms with Gasteiger partial charge in [-0.05, 0) is 55.2 Å². The maximum atomic E-state index is 13.2. The van der Waals surface area contributed by atoms with Gasteiger partial charge in [-0.1, -0.05) is 47.7 Å². The van der Waals surface area contributed by atoms with Crippen molar-refractivity contribution in [1.29, 1.82) is 0 Å². The normalized spacial score (nSPS) is 11.7. The Hall–Kier alpha value is -2.97. The number of fused-ring (bicyclic) bond motifs is 1. The maximum absolute atomic E-state index is 13.2. The van der Waals surface area contributed by atoms with Crippen LogP contribution in [0.4, 0.5) is 5.13 Å². The zero-order chi connectivity index (χ0) is 23.4. The molecule has 2 heterocycles. The number of carbonyl (C=O) groups excluding carboxylic acids is 1. The summed E-state index contributed by atoms with van der Waals surface area (Å²) >= 11 is 1.45. The lowest BCUT2D eigenvalue weighted by Gasteiger charge is -2.18. The van der Waals surface area contributed by atoms with Gasteiger partial charge in [0.15, 0.2) is 15.0 Å². The molecular formula is C25H26N2O4S2. The first kappa shape index (κ1) is 23.2. The molecule has 0 saturated carbocycles. The van der Waals surface area contributed by atoms with E-state index in [-0.39, 0.29) is 36.8 Å². The third-order valence-electron chi connectivity index (χ3n) is 5.57. The second-order valence-electron chi connectivity index (χ2n) is 8.09. The number of nitrogens with zero attached hydrogens (tertiary/aromatic N) is 2. The Morgan fingerprint density at radius 2 is 1.85 bits per heavy atom. The summed E-state index contributed by atoms with van der Waals surface area (Å²) in [5, 5.41) is 0.590. The number of amides is 1. The predicted molar refractivity (Wildman–Crippen MR) is 132 cm³/mol. The Balaban J connectivity index is 1.49. The molecule has 8 heteroatoms. The van der Waals surface area contributed by atoms with Crippen LogP contribution in [-0.4, -0.2) is 25.1 Å². The van der Waals surface area contributed by atoms with Crippen LogP contribution in [0.25, 0.3) is 10.2 Å². The van der Waals surface area contributed by atoms with Crippen molar-refractivity contribution in [2.45, 2.75) is 39.0 Å². The number of carbonyl (C=O) groups is 1. The van der Waals surface area contributed by atoms with Crippen molar-refractivity contribution in [1.82, 2.24) is 4.98 Å².